The number of amides is 3. The van der Waals surface area contributed by atoms with Crippen LogP contribution in [0, 0.1) is 5.82 Å². The number of halogens is 3. The number of nitrogens with zero attached hydrogens (tertiary/aromatic N) is 5. The number of alkyl halides is 1. The number of hydrogen-bond donors (Lipinski definition) is 3. The number of fused-ring (bicyclic) bond motifs is 1. The molecule has 4 aromatic rings. The number of rotatable bonds is 9. The quantitative estimate of drug-likeness (QED) is 0.276. The second-order valence-electron chi connectivity index (χ2n) is 9.18. The molecular weight excluding hydrogens is 550 g/mol. The molecule has 2 atom stereocenters. The maximum atomic E-state index is 14.4. The van der Waals surface area contributed by atoms with Crippen molar-refractivity contribution in [2.75, 3.05) is 6.54 Å². The summed E-state index contributed by atoms with van der Waals surface area (Å²) in [5, 5.41) is 16.2. The van der Waals surface area contributed by atoms with Gasteiger partial charge in [0.2, 0.25) is 11.8 Å². The highest BCUT2D eigenvalue weighted by Gasteiger charge is 2.39. The highest BCUT2D eigenvalue weighted by Crippen LogP contribution is 2.28. The molecule has 1 saturated heterocycles. The van der Waals surface area contributed by atoms with Gasteiger partial charge in [-0.3, -0.25) is 14.4 Å². The van der Waals surface area contributed by atoms with Gasteiger partial charge in [-0.05, 0) is 28.6 Å². The minimum absolute atomic E-state index is 0.0440. The van der Waals surface area contributed by atoms with Crippen LogP contribution >= 0.6 is 11.6 Å². The molecule has 0 unspecified atom stereocenters. The molecule has 0 spiro atoms. The van der Waals surface area contributed by atoms with Crippen LogP contribution in [-0.4, -0.2) is 66.6 Å². The Morgan fingerprint density at radius 2 is 2.08 bits per heavy atom. The molecule has 12 nitrogen and oxygen atoms in total. The zero-order valence-electron chi connectivity index (χ0n) is 20.8. The fraction of sp³-hybridized carbons (Fsp3) is 0.280. The molecule has 15 heteroatoms. The number of aromatic nitrogens is 5. The third-order valence-corrected chi connectivity index (χ3v) is 6.84. The van der Waals surface area contributed by atoms with E-state index in [1.807, 2.05) is 0 Å². The normalized spacial score (nSPS) is 16.8. The summed E-state index contributed by atoms with van der Waals surface area (Å²) in [4.78, 5) is 39.5. The third kappa shape index (κ3) is 5.57. The van der Waals surface area contributed by atoms with Crippen molar-refractivity contribution in [3.05, 3.63) is 70.4 Å². The summed E-state index contributed by atoms with van der Waals surface area (Å²) in [7, 11) is 0. The van der Waals surface area contributed by atoms with Crippen molar-refractivity contribution < 1.29 is 27.9 Å². The summed E-state index contributed by atoms with van der Waals surface area (Å²) in [6.45, 7) is -0.733. The predicted octanol–water partition coefficient (Wildman–Crippen LogP) is 1.88. The maximum absolute atomic E-state index is 14.4. The Bertz CT molecular complexity index is 1580. The number of hydrogen-bond acceptors (Lipinski definition) is 7. The zero-order valence-corrected chi connectivity index (χ0v) is 21.6. The molecule has 0 bridgehead atoms. The third-order valence-electron chi connectivity index (χ3n) is 6.55. The van der Waals surface area contributed by atoms with Crippen molar-refractivity contribution in [2.24, 2.45) is 5.73 Å². The topological polar surface area (TPSA) is 161 Å². The van der Waals surface area contributed by atoms with Crippen LogP contribution in [0.15, 0.2) is 42.6 Å². The lowest BCUT2D eigenvalue weighted by Gasteiger charge is -2.24. The van der Waals surface area contributed by atoms with Crippen LogP contribution in [0.5, 0.6) is 5.75 Å². The van der Waals surface area contributed by atoms with E-state index in [4.69, 9.17) is 22.1 Å². The Labute approximate surface area is 230 Å². The number of nitrogens with two attached hydrogens (primary N) is 1. The number of H-pyrrole nitrogens is 1. The number of likely N-dealkylation sites (tertiary alicyclic amines) is 1. The molecule has 2 aromatic carbocycles. The van der Waals surface area contributed by atoms with Crippen LogP contribution in [0.4, 0.5) is 8.78 Å². The summed E-state index contributed by atoms with van der Waals surface area (Å²) >= 11 is 5.79. The molecule has 1 aliphatic heterocycles. The van der Waals surface area contributed by atoms with Crippen LogP contribution in [0.2, 0.25) is 5.02 Å². The van der Waals surface area contributed by atoms with E-state index in [9.17, 15) is 23.2 Å². The smallest absolute Gasteiger partial charge is 0.250 e. The highest BCUT2D eigenvalue weighted by atomic mass is 35.5. The van der Waals surface area contributed by atoms with Gasteiger partial charge in [0.1, 0.15) is 36.9 Å². The SMILES string of the molecule is NC(=O)c1cn(CC(=O)N2C[C@H](F)C[C@H]2C(=O)NCc2cccc(Cl)c2F)c2cc(OCc3nnn[nH]3)ccc12. The number of nitrogens with one attached hydrogen (secondary N) is 2. The Morgan fingerprint density at radius 1 is 1.25 bits per heavy atom. The minimum atomic E-state index is -1.42. The molecule has 2 aromatic heterocycles. The van der Waals surface area contributed by atoms with Crippen LogP contribution in [-0.2, 0) is 29.3 Å². The van der Waals surface area contributed by atoms with Crippen molar-refractivity contribution in [3.63, 3.8) is 0 Å². The first-order valence-electron chi connectivity index (χ1n) is 12.1. The lowest BCUT2D eigenvalue weighted by molar-refractivity contribution is -0.139. The van der Waals surface area contributed by atoms with Crippen LogP contribution in [0.1, 0.15) is 28.2 Å². The number of benzene rings is 2. The van der Waals surface area contributed by atoms with Crippen LogP contribution in [0.3, 0.4) is 0 Å². The number of carbonyl (C=O) groups is 3. The average Bonchev–Trinajstić information content (AvgIpc) is 3.67. The summed E-state index contributed by atoms with van der Waals surface area (Å²) in [6, 6.07) is 8.15. The average molecular weight is 573 g/mol. The maximum Gasteiger partial charge on any atom is 0.250 e. The Balaban J connectivity index is 1.33. The van der Waals surface area contributed by atoms with Gasteiger partial charge in [-0.2, -0.15) is 0 Å². The Morgan fingerprint density at radius 3 is 2.83 bits per heavy atom. The molecule has 40 heavy (non-hydrogen) atoms. The molecule has 3 amide bonds. The molecule has 4 N–H and O–H groups in total. The van der Waals surface area contributed by atoms with Crippen molar-refractivity contribution >= 4 is 40.2 Å². The van der Waals surface area contributed by atoms with E-state index in [0.717, 1.165) is 4.90 Å². The van der Waals surface area contributed by atoms with Crippen molar-refractivity contribution in [1.29, 1.82) is 0 Å². The van der Waals surface area contributed by atoms with Crippen LogP contribution in [0.25, 0.3) is 10.9 Å². The molecule has 1 aliphatic rings. The predicted molar refractivity (Wildman–Crippen MR) is 137 cm³/mol. The monoisotopic (exact) mass is 572 g/mol. The second kappa shape index (κ2) is 11.3. The van der Waals surface area contributed by atoms with E-state index in [1.54, 1.807) is 24.3 Å². The Kier molecular flexibility index (Phi) is 7.60. The van der Waals surface area contributed by atoms with E-state index >= 15 is 0 Å². The first kappa shape index (κ1) is 27.0. The Hall–Kier alpha value is -4.59. The lowest BCUT2D eigenvalue weighted by Crippen LogP contribution is -2.46. The van der Waals surface area contributed by atoms with Crippen LogP contribution < -0.4 is 15.8 Å². The van der Waals surface area contributed by atoms with Gasteiger partial charge >= 0.3 is 0 Å². The molecule has 1 fully saturated rings. The summed E-state index contributed by atoms with van der Waals surface area (Å²) in [5.74, 6) is -1.75. The largest absolute Gasteiger partial charge is 0.485 e. The number of carbonyl (C=O) groups excluding carboxylic acids is 3. The standard InChI is InChI=1S/C25H23ClF2N8O4/c26-18-3-1-2-13(23(18)28)8-30-25(39)20-6-14(27)9-36(20)22(37)11-35-10-17(24(29)38)16-5-4-15(7-19(16)35)40-12-21-31-33-34-32-21/h1-5,7,10,14,20H,6,8-9,11-12H2,(H2,29,38)(H,30,39)(H,31,32,33,34)/t14-,20+/m1/s1. The first-order chi connectivity index (χ1) is 19.2. The van der Waals surface area contributed by atoms with E-state index in [0.29, 0.717) is 22.5 Å². The molecule has 0 radical (unpaired) electrons. The minimum Gasteiger partial charge on any atom is -0.485 e. The van der Waals surface area contributed by atoms with Gasteiger partial charge in [0, 0.05) is 36.2 Å². The summed E-state index contributed by atoms with van der Waals surface area (Å²) in [5.41, 5.74) is 6.34. The molecule has 3 heterocycles. The number of ether oxygens (including phenoxy) is 1. The van der Waals surface area contributed by atoms with E-state index in [-0.39, 0.29) is 48.8 Å². The second-order valence-corrected chi connectivity index (χ2v) is 9.58. The molecule has 208 valence electrons. The van der Waals surface area contributed by atoms with Gasteiger partial charge < -0.3 is 25.3 Å². The number of primary amides is 1. The van der Waals surface area contributed by atoms with E-state index in [1.165, 1.54) is 22.9 Å². The molecule has 5 rings (SSSR count). The number of tetrazole rings is 1. The highest BCUT2D eigenvalue weighted by molar-refractivity contribution is 6.30. The van der Waals surface area contributed by atoms with Crippen molar-refractivity contribution in [1.82, 2.24) is 35.4 Å². The van der Waals surface area contributed by atoms with Crippen molar-refractivity contribution in [2.45, 2.75) is 38.3 Å². The van der Waals surface area contributed by atoms with Gasteiger partial charge in [0.05, 0.1) is 22.6 Å². The van der Waals surface area contributed by atoms with Gasteiger partial charge in [-0.1, -0.05) is 23.7 Å². The van der Waals surface area contributed by atoms with Gasteiger partial charge in [-0.25, -0.2) is 13.9 Å². The summed E-state index contributed by atoms with van der Waals surface area (Å²) < 4.78 is 35.8. The fourth-order valence-corrected chi connectivity index (χ4v) is 4.81. The van der Waals surface area contributed by atoms with Gasteiger partial charge in [-0.15, -0.1) is 5.10 Å². The van der Waals surface area contributed by atoms with E-state index in [2.05, 4.69) is 25.9 Å². The zero-order chi connectivity index (χ0) is 28.4. The van der Waals surface area contributed by atoms with E-state index < -0.39 is 35.8 Å². The van der Waals surface area contributed by atoms with Gasteiger partial charge in [0.15, 0.2) is 5.82 Å². The lowest BCUT2D eigenvalue weighted by atomic mass is 10.1. The van der Waals surface area contributed by atoms with Gasteiger partial charge in [0.25, 0.3) is 5.91 Å². The number of aromatic amines is 1. The van der Waals surface area contributed by atoms with Crippen molar-refractivity contribution in [3.8, 4) is 5.75 Å². The first-order valence-corrected chi connectivity index (χ1v) is 12.5. The molecule has 0 aliphatic carbocycles. The molecular formula is C25H23ClF2N8O4. The molecule has 0 saturated carbocycles. The fourth-order valence-electron chi connectivity index (χ4n) is 4.61. The summed E-state index contributed by atoms with van der Waals surface area (Å²) in [6.07, 6.45) is -0.200.